The normalized spacial score (nSPS) is 26.8. The van der Waals surface area contributed by atoms with Crippen LogP contribution in [0.15, 0.2) is 18.3 Å². The predicted molar refractivity (Wildman–Crippen MR) is 138 cm³/mol. The lowest BCUT2D eigenvalue weighted by atomic mass is 9.84. The summed E-state index contributed by atoms with van der Waals surface area (Å²) in [7, 11) is 3.73. The lowest BCUT2D eigenvalue weighted by molar-refractivity contribution is -0.136. The first-order valence-electron chi connectivity index (χ1n) is 13.6. The highest BCUT2D eigenvalue weighted by atomic mass is 16.5. The molecule has 5 rings (SSSR count). The highest BCUT2D eigenvalue weighted by molar-refractivity contribution is 5.92. The Morgan fingerprint density at radius 1 is 1.19 bits per heavy atom. The van der Waals surface area contributed by atoms with Crippen LogP contribution in [-0.4, -0.2) is 113 Å². The van der Waals surface area contributed by atoms with Gasteiger partial charge in [-0.2, -0.15) is 0 Å². The Morgan fingerprint density at radius 2 is 1.92 bits per heavy atom. The Kier molecular flexibility index (Phi) is 7.40. The van der Waals surface area contributed by atoms with Gasteiger partial charge in [0.15, 0.2) is 0 Å². The summed E-state index contributed by atoms with van der Waals surface area (Å²) in [6.45, 7) is 6.23. The molecular formula is C27H40N6O4. The summed E-state index contributed by atoms with van der Waals surface area (Å²) < 4.78 is 5.24. The molecule has 10 nitrogen and oxygen atoms in total. The molecule has 1 aromatic rings. The van der Waals surface area contributed by atoms with E-state index >= 15 is 0 Å². The van der Waals surface area contributed by atoms with E-state index in [2.05, 4.69) is 27.1 Å². The third-order valence-electron chi connectivity index (χ3n) is 9.07. The standard InChI is InChI=1S/C27H40N6O4/c1-19(34)32-10-5-21(6-11-32)30(2)22-15-23-26(36)29-27(16-25(35)33(23)18-22)7-12-31(13-8-27)17-20-4-9-28-24(14-20)37-3/h4,9,14,21-23H,5-8,10-13,15-18H2,1-3H3,(H,29,36)/t22-,23-/m0/s1. The molecule has 1 aromatic heterocycles. The second kappa shape index (κ2) is 10.6. The van der Waals surface area contributed by atoms with Crippen molar-refractivity contribution < 1.29 is 19.1 Å². The maximum Gasteiger partial charge on any atom is 0.243 e. The smallest absolute Gasteiger partial charge is 0.243 e. The number of likely N-dealkylation sites (N-methyl/N-ethyl adjacent to an activating group) is 1. The van der Waals surface area contributed by atoms with Crippen molar-refractivity contribution in [2.24, 2.45) is 0 Å². The van der Waals surface area contributed by atoms with Crippen LogP contribution in [-0.2, 0) is 20.9 Å². The van der Waals surface area contributed by atoms with E-state index in [1.165, 1.54) is 0 Å². The minimum absolute atomic E-state index is 0.000434. The molecule has 4 fully saturated rings. The number of ether oxygens (including phenoxy) is 1. The number of carbonyl (C=O) groups is 3. The maximum atomic E-state index is 13.5. The van der Waals surface area contributed by atoms with Crippen LogP contribution >= 0.6 is 0 Å². The molecule has 202 valence electrons. The van der Waals surface area contributed by atoms with Crippen LogP contribution < -0.4 is 10.1 Å². The predicted octanol–water partition coefficient (Wildman–Crippen LogP) is 0.857. The molecule has 0 aliphatic carbocycles. The Bertz CT molecular complexity index is 990. The summed E-state index contributed by atoms with van der Waals surface area (Å²) in [5.74, 6) is 0.840. The summed E-state index contributed by atoms with van der Waals surface area (Å²) in [5, 5.41) is 3.34. The average Bonchev–Trinajstić information content (AvgIpc) is 3.33. The van der Waals surface area contributed by atoms with Crippen molar-refractivity contribution in [3.05, 3.63) is 23.9 Å². The van der Waals surface area contributed by atoms with Crippen LogP contribution in [0.4, 0.5) is 0 Å². The van der Waals surface area contributed by atoms with Crippen LogP contribution in [0.1, 0.15) is 51.0 Å². The van der Waals surface area contributed by atoms with E-state index < -0.39 is 5.54 Å². The largest absolute Gasteiger partial charge is 0.481 e. The monoisotopic (exact) mass is 512 g/mol. The molecule has 4 aliphatic heterocycles. The number of nitrogens with one attached hydrogen (secondary N) is 1. The van der Waals surface area contributed by atoms with Gasteiger partial charge in [-0.15, -0.1) is 0 Å². The van der Waals surface area contributed by atoms with Crippen molar-refractivity contribution in [3.8, 4) is 5.88 Å². The number of rotatable bonds is 5. The molecular weight excluding hydrogens is 472 g/mol. The van der Waals surface area contributed by atoms with Gasteiger partial charge in [-0.3, -0.25) is 24.2 Å². The summed E-state index contributed by atoms with van der Waals surface area (Å²) in [5.41, 5.74) is 0.692. The molecule has 0 aromatic carbocycles. The maximum absolute atomic E-state index is 13.5. The lowest BCUT2D eigenvalue weighted by Crippen LogP contribution is -2.56. The van der Waals surface area contributed by atoms with Crippen LogP contribution in [0.5, 0.6) is 5.88 Å². The molecule has 0 unspecified atom stereocenters. The zero-order valence-corrected chi connectivity index (χ0v) is 22.3. The van der Waals surface area contributed by atoms with Gasteiger partial charge in [-0.25, -0.2) is 4.98 Å². The zero-order chi connectivity index (χ0) is 26.2. The molecule has 0 bridgehead atoms. The number of carbonyl (C=O) groups excluding carboxylic acids is 3. The van der Waals surface area contributed by atoms with Gasteiger partial charge >= 0.3 is 0 Å². The van der Waals surface area contributed by atoms with Gasteiger partial charge in [0.05, 0.1) is 19.1 Å². The second-order valence-electron chi connectivity index (χ2n) is 11.3. The number of methoxy groups -OCH3 is 1. The van der Waals surface area contributed by atoms with Gasteiger partial charge in [-0.05, 0) is 50.8 Å². The molecule has 0 saturated carbocycles. The third kappa shape index (κ3) is 5.45. The highest BCUT2D eigenvalue weighted by Gasteiger charge is 2.49. The summed E-state index contributed by atoms with van der Waals surface area (Å²) in [6.07, 6.45) is 6.21. The zero-order valence-electron chi connectivity index (χ0n) is 22.3. The minimum atomic E-state index is -0.453. The quantitative estimate of drug-likeness (QED) is 0.625. The van der Waals surface area contributed by atoms with E-state index in [9.17, 15) is 14.4 Å². The molecule has 0 radical (unpaired) electrons. The van der Waals surface area contributed by atoms with Crippen LogP contribution in [0.3, 0.4) is 0 Å². The SMILES string of the molecule is COc1cc(CN2CCC3(CC2)CC(=O)N2C[C@@H](N(C)C4CCN(C(C)=O)CC4)C[C@H]2C(=O)N3)ccn1. The first-order valence-corrected chi connectivity index (χ1v) is 13.6. The topological polar surface area (TPSA) is 98.3 Å². The Morgan fingerprint density at radius 3 is 2.59 bits per heavy atom. The first-order chi connectivity index (χ1) is 17.8. The number of fused-ring (bicyclic) bond motifs is 1. The second-order valence-corrected chi connectivity index (χ2v) is 11.3. The number of aromatic nitrogens is 1. The number of piperidine rings is 2. The fourth-order valence-corrected chi connectivity index (χ4v) is 6.66. The number of amides is 3. The van der Waals surface area contributed by atoms with Crippen LogP contribution in [0.25, 0.3) is 0 Å². The van der Waals surface area contributed by atoms with Gasteiger partial charge in [0, 0.05) is 70.5 Å². The van der Waals surface area contributed by atoms with E-state index in [1.807, 2.05) is 21.9 Å². The van der Waals surface area contributed by atoms with Crippen molar-refractivity contribution in [1.29, 1.82) is 0 Å². The Labute approximate surface area is 219 Å². The van der Waals surface area contributed by atoms with E-state index in [0.717, 1.165) is 64.0 Å². The summed E-state index contributed by atoms with van der Waals surface area (Å²) >= 11 is 0. The molecule has 4 aliphatic rings. The third-order valence-corrected chi connectivity index (χ3v) is 9.07. The number of hydrogen-bond donors (Lipinski definition) is 1. The van der Waals surface area contributed by atoms with Gasteiger partial charge < -0.3 is 19.9 Å². The molecule has 3 amide bonds. The summed E-state index contributed by atoms with van der Waals surface area (Å²) in [4.78, 5) is 51.2. The Balaban J connectivity index is 1.17. The number of likely N-dealkylation sites (tertiary alicyclic amines) is 2. The molecule has 37 heavy (non-hydrogen) atoms. The summed E-state index contributed by atoms with van der Waals surface area (Å²) in [6, 6.07) is 4.10. The molecule has 2 atom stereocenters. The van der Waals surface area contributed by atoms with Gasteiger partial charge in [-0.1, -0.05) is 0 Å². The van der Waals surface area contributed by atoms with Gasteiger partial charge in [0.2, 0.25) is 23.6 Å². The van der Waals surface area contributed by atoms with E-state index in [0.29, 0.717) is 31.3 Å². The fourth-order valence-electron chi connectivity index (χ4n) is 6.66. The molecule has 1 N–H and O–H groups in total. The van der Waals surface area contributed by atoms with Crippen molar-refractivity contribution >= 4 is 17.7 Å². The number of pyridine rings is 1. The minimum Gasteiger partial charge on any atom is -0.481 e. The van der Waals surface area contributed by atoms with E-state index in [-0.39, 0.29) is 29.8 Å². The molecule has 5 heterocycles. The fraction of sp³-hybridized carbons (Fsp3) is 0.704. The van der Waals surface area contributed by atoms with E-state index in [4.69, 9.17) is 4.74 Å². The number of nitrogens with zero attached hydrogens (tertiary/aromatic N) is 5. The molecule has 1 spiro atoms. The average molecular weight is 513 g/mol. The van der Waals surface area contributed by atoms with Crippen molar-refractivity contribution in [2.75, 3.05) is 46.9 Å². The van der Waals surface area contributed by atoms with E-state index in [1.54, 1.807) is 20.2 Å². The van der Waals surface area contributed by atoms with Gasteiger partial charge in [0.1, 0.15) is 6.04 Å². The van der Waals surface area contributed by atoms with Crippen LogP contribution in [0.2, 0.25) is 0 Å². The molecule has 10 heteroatoms. The highest BCUT2D eigenvalue weighted by Crippen LogP contribution is 2.34. The van der Waals surface area contributed by atoms with Crippen LogP contribution in [0, 0.1) is 0 Å². The van der Waals surface area contributed by atoms with Gasteiger partial charge in [0.25, 0.3) is 0 Å². The first kappa shape index (κ1) is 25.9. The molecule has 4 saturated heterocycles. The lowest BCUT2D eigenvalue weighted by Gasteiger charge is -2.41. The van der Waals surface area contributed by atoms with Crippen molar-refractivity contribution in [2.45, 2.75) is 75.7 Å². The van der Waals surface area contributed by atoms with Crippen molar-refractivity contribution in [1.82, 2.24) is 29.9 Å². The van der Waals surface area contributed by atoms with Crippen molar-refractivity contribution in [3.63, 3.8) is 0 Å². The number of hydrogen-bond acceptors (Lipinski definition) is 7. The Hall–Kier alpha value is -2.72.